The maximum absolute atomic E-state index is 12.4. The largest absolute Gasteiger partial charge is 0.462 e. The molecule has 138 valence electrons. The van der Waals surface area contributed by atoms with Gasteiger partial charge in [-0.3, -0.25) is 0 Å². The van der Waals surface area contributed by atoms with Crippen molar-refractivity contribution in [1.29, 1.82) is 0 Å². The number of benzene rings is 2. The first-order valence-electron chi connectivity index (χ1n) is 8.91. The summed E-state index contributed by atoms with van der Waals surface area (Å²) in [4.78, 5) is 12.4. The SMILES string of the molecule is CCOC(=O)c1cn(Cc2ccccc2)cc1Cc1ccc(C=NN)cc1. The van der Waals surface area contributed by atoms with E-state index in [1.165, 1.54) is 5.56 Å². The first-order valence-corrected chi connectivity index (χ1v) is 8.91. The maximum atomic E-state index is 12.4. The molecule has 0 spiro atoms. The molecule has 5 nitrogen and oxygen atoms in total. The summed E-state index contributed by atoms with van der Waals surface area (Å²) in [6.07, 6.45) is 6.14. The summed E-state index contributed by atoms with van der Waals surface area (Å²) < 4.78 is 7.27. The molecule has 0 radical (unpaired) electrons. The Labute approximate surface area is 159 Å². The lowest BCUT2D eigenvalue weighted by molar-refractivity contribution is 0.0525. The molecular weight excluding hydrogens is 338 g/mol. The summed E-state index contributed by atoms with van der Waals surface area (Å²) in [7, 11) is 0. The van der Waals surface area contributed by atoms with E-state index in [2.05, 4.69) is 17.2 Å². The van der Waals surface area contributed by atoms with Crippen LogP contribution in [0.5, 0.6) is 0 Å². The molecule has 0 aliphatic heterocycles. The highest BCUT2D eigenvalue weighted by Gasteiger charge is 2.16. The molecule has 1 aromatic heterocycles. The van der Waals surface area contributed by atoms with Gasteiger partial charge in [-0.25, -0.2) is 4.79 Å². The van der Waals surface area contributed by atoms with Gasteiger partial charge >= 0.3 is 5.97 Å². The van der Waals surface area contributed by atoms with E-state index < -0.39 is 0 Å². The lowest BCUT2D eigenvalue weighted by Crippen LogP contribution is -2.06. The van der Waals surface area contributed by atoms with Crippen molar-refractivity contribution in [2.75, 3.05) is 6.61 Å². The van der Waals surface area contributed by atoms with Crippen LogP contribution in [0.1, 0.15) is 39.5 Å². The first kappa shape index (κ1) is 18.5. The molecule has 0 unspecified atom stereocenters. The minimum absolute atomic E-state index is 0.286. The Morgan fingerprint density at radius 2 is 1.81 bits per heavy atom. The Morgan fingerprint density at radius 1 is 1.07 bits per heavy atom. The quantitative estimate of drug-likeness (QED) is 0.303. The number of hydrazone groups is 1. The zero-order valence-corrected chi connectivity index (χ0v) is 15.3. The second kappa shape index (κ2) is 8.85. The number of nitrogens with two attached hydrogens (primary N) is 1. The summed E-state index contributed by atoms with van der Waals surface area (Å²) in [6.45, 7) is 2.88. The van der Waals surface area contributed by atoms with E-state index in [0.29, 0.717) is 25.1 Å². The lowest BCUT2D eigenvalue weighted by atomic mass is 10.0. The van der Waals surface area contributed by atoms with Crippen molar-refractivity contribution in [3.8, 4) is 0 Å². The molecular formula is C22H23N3O2. The van der Waals surface area contributed by atoms with Gasteiger partial charge in [0.25, 0.3) is 0 Å². The normalized spacial score (nSPS) is 11.0. The van der Waals surface area contributed by atoms with E-state index in [0.717, 1.165) is 16.7 Å². The number of carbonyl (C=O) groups excluding carboxylic acids is 1. The number of esters is 1. The molecule has 0 aliphatic rings. The number of nitrogens with zero attached hydrogens (tertiary/aromatic N) is 2. The summed E-state index contributed by atoms with van der Waals surface area (Å²) in [5, 5.41) is 3.53. The monoisotopic (exact) mass is 361 g/mol. The zero-order chi connectivity index (χ0) is 19.1. The molecule has 3 aromatic rings. The van der Waals surface area contributed by atoms with Gasteiger partial charge in [0.1, 0.15) is 0 Å². The molecule has 0 aliphatic carbocycles. The number of ether oxygens (including phenoxy) is 1. The predicted molar refractivity (Wildman–Crippen MR) is 107 cm³/mol. The van der Waals surface area contributed by atoms with Crippen molar-refractivity contribution in [2.45, 2.75) is 19.9 Å². The second-order valence-corrected chi connectivity index (χ2v) is 6.27. The third-order valence-electron chi connectivity index (χ3n) is 4.26. The Hall–Kier alpha value is -3.34. The smallest absolute Gasteiger partial charge is 0.339 e. The molecule has 5 heteroatoms. The molecule has 27 heavy (non-hydrogen) atoms. The van der Waals surface area contributed by atoms with Gasteiger partial charge in [-0.1, -0.05) is 54.6 Å². The standard InChI is InChI=1S/C22H23N3O2/c1-2-27-22(26)21-16-25(14-19-6-4-3-5-7-19)15-20(21)12-17-8-10-18(11-9-17)13-24-23/h3-11,13,15-16H,2,12,14,23H2,1H3. The van der Waals surface area contributed by atoms with Crippen molar-refractivity contribution in [1.82, 2.24) is 4.57 Å². The van der Waals surface area contributed by atoms with Gasteiger partial charge in [-0.2, -0.15) is 5.10 Å². The van der Waals surface area contributed by atoms with E-state index in [1.54, 1.807) is 6.21 Å². The summed E-state index contributed by atoms with van der Waals surface area (Å²) >= 11 is 0. The number of carbonyl (C=O) groups is 1. The predicted octanol–water partition coefficient (Wildman–Crippen LogP) is 3.60. The van der Waals surface area contributed by atoms with Crippen LogP contribution in [0.3, 0.4) is 0 Å². The van der Waals surface area contributed by atoms with E-state index in [-0.39, 0.29) is 5.97 Å². The van der Waals surface area contributed by atoms with Crippen LogP contribution in [0.25, 0.3) is 0 Å². The van der Waals surface area contributed by atoms with Gasteiger partial charge in [0.2, 0.25) is 0 Å². The van der Waals surface area contributed by atoms with Crippen LogP contribution in [0, 0.1) is 0 Å². The van der Waals surface area contributed by atoms with Crippen molar-refractivity contribution < 1.29 is 9.53 Å². The fourth-order valence-electron chi connectivity index (χ4n) is 3.00. The van der Waals surface area contributed by atoms with Crippen LogP contribution in [0.2, 0.25) is 0 Å². The van der Waals surface area contributed by atoms with Crippen LogP contribution >= 0.6 is 0 Å². The molecule has 0 atom stereocenters. The van der Waals surface area contributed by atoms with Gasteiger partial charge in [0.15, 0.2) is 0 Å². The van der Waals surface area contributed by atoms with E-state index in [9.17, 15) is 4.79 Å². The van der Waals surface area contributed by atoms with Crippen LogP contribution in [-0.2, 0) is 17.7 Å². The third kappa shape index (κ3) is 4.85. The molecule has 0 saturated heterocycles. The fourth-order valence-corrected chi connectivity index (χ4v) is 3.00. The van der Waals surface area contributed by atoms with Gasteiger partial charge < -0.3 is 15.1 Å². The molecule has 0 saturated carbocycles. The zero-order valence-electron chi connectivity index (χ0n) is 15.3. The Kier molecular flexibility index (Phi) is 6.05. The van der Waals surface area contributed by atoms with E-state index in [1.807, 2.05) is 66.3 Å². The Bertz CT molecular complexity index is 912. The van der Waals surface area contributed by atoms with Crippen molar-refractivity contribution in [3.63, 3.8) is 0 Å². The molecule has 3 rings (SSSR count). The van der Waals surface area contributed by atoms with Crippen LogP contribution in [-0.4, -0.2) is 23.4 Å². The van der Waals surface area contributed by atoms with Gasteiger partial charge in [-0.15, -0.1) is 0 Å². The second-order valence-electron chi connectivity index (χ2n) is 6.27. The number of hydrogen-bond donors (Lipinski definition) is 1. The third-order valence-corrected chi connectivity index (χ3v) is 4.26. The average molecular weight is 361 g/mol. The van der Waals surface area contributed by atoms with Gasteiger partial charge in [-0.05, 0) is 35.6 Å². The molecule has 1 heterocycles. The molecule has 2 aromatic carbocycles. The van der Waals surface area contributed by atoms with Crippen LogP contribution in [0.4, 0.5) is 0 Å². The van der Waals surface area contributed by atoms with E-state index in [4.69, 9.17) is 10.6 Å². The summed E-state index contributed by atoms with van der Waals surface area (Å²) in [5.41, 5.74) is 4.78. The fraction of sp³-hybridized carbons (Fsp3) is 0.182. The van der Waals surface area contributed by atoms with Gasteiger partial charge in [0, 0.05) is 18.9 Å². The summed E-state index contributed by atoms with van der Waals surface area (Å²) in [5.74, 6) is 4.90. The van der Waals surface area contributed by atoms with Crippen LogP contribution < -0.4 is 5.84 Å². The highest BCUT2D eigenvalue weighted by Crippen LogP contribution is 2.19. The molecule has 2 N–H and O–H groups in total. The van der Waals surface area contributed by atoms with Crippen LogP contribution in [0.15, 0.2) is 72.1 Å². The minimum atomic E-state index is -0.286. The average Bonchev–Trinajstić information content (AvgIpc) is 3.07. The Balaban J connectivity index is 1.86. The van der Waals surface area contributed by atoms with E-state index >= 15 is 0 Å². The van der Waals surface area contributed by atoms with Gasteiger partial charge in [0.05, 0.1) is 18.4 Å². The highest BCUT2D eigenvalue weighted by molar-refractivity contribution is 5.91. The number of aromatic nitrogens is 1. The topological polar surface area (TPSA) is 69.6 Å². The minimum Gasteiger partial charge on any atom is -0.462 e. The highest BCUT2D eigenvalue weighted by atomic mass is 16.5. The molecule has 0 bridgehead atoms. The molecule has 0 fully saturated rings. The molecule has 0 amide bonds. The van der Waals surface area contributed by atoms with Crippen molar-refractivity contribution >= 4 is 12.2 Å². The Morgan fingerprint density at radius 3 is 2.48 bits per heavy atom. The lowest BCUT2D eigenvalue weighted by Gasteiger charge is -2.04. The summed E-state index contributed by atoms with van der Waals surface area (Å²) in [6, 6.07) is 18.1. The van der Waals surface area contributed by atoms with Crippen molar-refractivity contribution in [3.05, 3.63) is 94.8 Å². The first-order chi connectivity index (χ1) is 13.2. The number of hydrogen-bond acceptors (Lipinski definition) is 4. The number of rotatable bonds is 7. The maximum Gasteiger partial charge on any atom is 0.339 e. The van der Waals surface area contributed by atoms with Crippen molar-refractivity contribution in [2.24, 2.45) is 10.9 Å².